The molecule has 1 aromatic carbocycles. The van der Waals surface area contributed by atoms with Gasteiger partial charge in [-0.15, -0.1) is 11.3 Å². The first-order valence-electron chi connectivity index (χ1n) is 6.51. The Morgan fingerprint density at radius 3 is 2.75 bits per heavy atom. The predicted octanol–water partition coefficient (Wildman–Crippen LogP) is 2.73. The normalized spacial score (nSPS) is 16.8. The average Bonchev–Trinajstić information content (AvgIpc) is 2.77. The highest BCUT2D eigenvalue weighted by molar-refractivity contribution is 7.21. The van der Waals surface area contributed by atoms with Crippen molar-refractivity contribution >= 4 is 44.6 Å². The van der Waals surface area contributed by atoms with E-state index in [0.29, 0.717) is 41.5 Å². The lowest BCUT2D eigenvalue weighted by molar-refractivity contribution is 0.0551. The molecule has 2 heterocycles. The van der Waals surface area contributed by atoms with Crippen LogP contribution in [0.15, 0.2) is 18.2 Å². The number of hydrogen-bond acceptors (Lipinski definition) is 4. The highest BCUT2D eigenvalue weighted by Gasteiger charge is 2.26. The number of aliphatic hydroxyl groups is 1. The maximum absolute atomic E-state index is 12.5. The molecule has 0 aliphatic carbocycles. The molecule has 1 aromatic heterocycles. The van der Waals surface area contributed by atoms with Crippen LogP contribution in [0.2, 0.25) is 5.02 Å². The second-order valence-corrected chi connectivity index (χ2v) is 6.44. The minimum absolute atomic E-state index is 0.0633. The van der Waals surface area contributed by atoms with Crippen LogP contribution in [0.1, 0.15) is 22.5 Å². The Morgan fingerprint density at radius 1 is 1.40 bits per heavy atom. The summed E-state index contributed by atoms with van der Waals surface area (Å²) in [5.74, 6) is -0.0633. The zero-order valence-electron chi connectivity index (χ0n) is 10.8. The quantitative estimate of drug-likeness (QED) is 0.851. The lowest BCUT2D eigenvalue weighted by atomic mass is 10.1. The summed E-state index contributed by atoms with van der Waals surface area (Å²) in [6.45, 7) is 1.14. The molecule has 3 rings (SSSR count). The molecule has 0 radical (unpaired) electrons. The average molecular weight is 311 g/mol. The van der Waals surface area contributed by atoms with Crippen LogP contribution in [0, 0.1) is 0 Å². The number of fused-ring (bicyclic) bond motifs is 1. The molecule has 3 N–H and O–H groups in total. The Hall–Kier alpha value is -1.30. The van der Waals surface area contributed by atoms with Crippen LogP contribution in [-0.2, 0) is 0 Å². The highest BCUT2D eigenvalue weighted by atomic mass is 35.5. The van der Waals surface area contributed by atoms with Crippen LogP contribution in [0.5, 0.6) is 0 Å². The van der Waals surface area contributed by atoms with Crippen molar-refractivity contribution in [1.82, 2.24) is 4.90 Å². The SMILES string of the molecule is Nc1c(C(=O)N2CCC(O)CC2)sc2cccc(Cl)c12. The maximum Gasteiger partial charge on any atom is 0.266 e. The van der Waals surface area contributed by atoms with E-state index in [2.05, 4.69) is 0 Å². The van der Waals surface area contributed by atoms with Gasteiger partial charge in [0.25, 0.3) is 5.91 Å². The molecule has 4 nitrogen and oxygen atoms in total. The summed E-state index contributed by atoms with van der Waals surface area (Å²) in [6, 6.07) is 5.55. The molecule has 106 valence electrons. The van der Waals surface area contributed by atoms with Gasteiger partial charge in [-0.25, -0.2) is 0 Å². The fourth-order valence-electron chi connectivity index (χ4n) is 2.50. The number of rotatable bonds is 1. The zero-order valence-corrected chi connectivity index (χ0v) is 12.4. The molecule has 0 bridgehead atoms. The van der Waals surface area contributed by atoms with E-state index >= 15 is 0 Å². The van der Waals surface area contributed by atoms with E-state index in [0.717, 1.165) is 10.1 Å². The van der Waals surface area contributed by atoms with Crippen LogP contribution < -0.4 is 5.73 Å². The summed E-state index contributed by atoms with van der Waals surface area (Å²) in [5.41, 5.74) is 6.57. The van der Waals surface area contributed by atoms with Gasteiger partial charge < -0.3 is 15.7 Å². The first-order chi connectivity index (χ1) is 9.58. The van der Waals surface area contributed by atoms with Crippen molar-refractivity contribution in [2.45, 2.75) is 18.9 Å². The van der Waals surface area contributed by atoms with Gasteiger partial charge in [0.2, 0.25) is 0 Å². The summed E-state index contributed by atoms with van der Waals surface area (Å²) >= 11 is 7.53. The van der Waals surface area contributed by atoms with Gasteiger partial charge in [-0.1, -0.05) is 17.7 Å². The van der Waals surface area contributed by atoms with Crippen molar-refractivity contribution in [2.24, 2.45) is 0 Å². The third-order valence-electron chi connectivity index (χ3n) is 3.65. The smallest absolute Gasteiger partial charge is 0.266 e. The van der Waals surface area contributed by atoms with Crippen LogP contribution in [0.4, 0.5) is 5.69 Å². The molecule has 20 heavy (non-hydrogen) atoms. The zero-order chi connectivity index (χ0) is 14.3. The third-order valence-corrected chi connectivity index (χ3v) is 5.12. The van der Waals surface area contributed by atoms with Gasteiger partial charge in [-0.3, -0.25) is 4.79 Å². The second kappa shape index (κ2) is 5.24. The molecule has 1 amide bonds. The summed E-state index contributed by atoms with van der Waals surface area (Å²) in [6.07, 6.45) is 0.947. The number of piperidine rings is 1. The number of aliphatic hydroxyl groups excluding tert-OH is 1. The molecular formula is C14H15ClN2O2S. The van der Waals surface area contributed by atoms with Gasteiger partial charge in [-0.05, 0) is 25.0 Å². The van der Waals surface area contributed by atoms with Gasteiger partial charge in [0.15, 0.2) is 0 Å². The molecule has 1 saturated heterocycles. The number of anilines is 1. The van der Waals surface area contributed by atoms with Gasteiger partial charge in [0.1, 0.15) is 4.88 Å². The molecule has 2 aromatic rings. The number of likely N-dealkylation sites (tertiary alicyclic amines) is 1. The van der Waals surface area contributed by atoms with Gasteiger partial charge in [0, 0.05) is 23.2 Å². The lowest BCUT2D eigenvalue weighted by Gasteiger charge is -2.29. The van der Waals surface area contributed by atoms with Crippen LogP contribution in [0.3, 0.4) is 0 Å². The number of nitrogens with two attached hydrogens (primary N) is 1. The largest absolute Gasteiger partial charge is 0.397 e. The number of hydrogen-bond donors (Lipinski definition) is 2. The second-order valence-electron chi connectivity index (χ2n) is 4.98. The van der Waals surface area contributed by atoms with Crippen molar-refractivity contribution in [2.75, 3.05) is 18.8 Å². The summed E-state index contributed by atoms with van der Waals surface area (Å²) in [5, 5.41) is 10.8. The molecule has 6 heteroatoms. The van der Waals surface area contributed by atoms with E-state index in [1.54, 1.807) is 11.0 Å². The summed E-state index contributed by atoms with van der Waals surface area (Å²) in [4.78, 5) is 14.8. The van der Waals surface area contributed by atoms with E-state index in [9.17, 15) is 9.90 Å². The van der Waals surface area contributed by atoms with Crippen molar-refractivity contribution < 1.29 is 9.90 Å². The standard InChI is InChI=1S/C14H15ClN2O2S/c15-9-2-1-3-10-11(9)12(16)13(20-10)14(19)17-6-4-8(18)5-7-17/h1-3,8,18H,4-7,16H2. The maximum atomic E-state index is 12.5. The van der Waals surface area contributed by atoms with E-state index in [-0.39, 0.29) is 12.0 Å². The lowest BCUT2D eigenvalue weighted by Crippen LogP contribution is -2.39. The first-order valence-corrected chi connectivity index (χ1v) is 7.71. The molecule has 1 aliphatic heterocycles. The minimum atomic E-state index is -0.298. The fourth-order valence-corrected chi connectivity index (χ4v) is 3.95. The Labute approximate surface area is 125 Å². The van der Waals surface area contributed by atoms with Crippen LogP contribution >= 0.6 is 22.9 Å². The van der Waals surface area contributed by atoms with E-state index in [1.807, 2.05) is 12.1 Å². The monoisotopic (exact) mass is 310 g/mol. The third kappa shape index (κ3) is 2.26. The number of amides is 1. The van der Waals surface area contributed by atoms with E-state index < -0.39 is 0 Å². The topological polar surface area (TPSA) is 66.6 Å². The first kappa shape index (κ1) is 13.7. The van der Waals surface area contributed by atoms with Crippen molar-refractivity contribution in [3.05, 3.63) is 28.1 Å². The number of carbonyl (C=O) groups is 1. The van der Waals surface area contributed by atoms with Crippen LogP contribution in [-0.4, -0.2) is 35.1 Å². The minimum Gasteiger partial charge on any atom is -0.397 e. The van der Waals surface area contributed by atoms with Crippen LogP contribution in [0.25, 0.3) is 10.1 Å². The van der Waals surface area contributed by atoms with Gasteiger partial charge in [0.05, 0.1) is 16.8 Å². The van der Waals surface area contributed by atoms with Gasteiger partial charge in [-0.2, -0.15) is 0 Å². The van der Waals surface area contributed by atoms with E-state index in [4.69, 9.17) is 17.3 Å². The number of carbonyl (C=O) groups excluding carboxylic acids is 1. The molecule has 1 fully saturated rings. The Balaban J connectivity index is 1.96. The number of benzene rings is 1. The predicted molar refractivity (Wildman–Crippen MR) is 82.4 cm³/mol. The molecule has 0 spiro atoms. The number of thiophene rings is 1. The number of nitrogen functional groups attached to an aromatic ring is 1. The molecule has 0 unspecified atom stereocenters. The molecule has 0 atom stereocenters. The van der Waals surface area contributed by atoms with Crippen molar-refractivity contribution in [1.29, 1.82) is 0 Å². The Bertz CT molecular complexity index is 662. The van der Waals surface area contributed by atoms with Crippen molar-refractivity contribution in [3.8, 4) is 0 Å². The Morgan fingerprint density at radius 2 is 2.10 bits per heavy atom. The molecular weight excluding hydrogens is 296 g/mol. The molecule has 0 saturated carbocycles. The number of nitrogens with zero attached hydrogens (tertiary/aromatic N) is 1. The Kier molecular flexibility index (Phi) is 3.58. The van der Waals surface area contributed by atoms with E-state index in [1.165, 1.54) is 11.3 Å². The fraction of sp³-hybridized carbons (Fsp3) is 0.357. The van der Waals surface area contributed by atoms with Gasteiger partial charge >= 0.3 is 0 Å². The summed E-state index contributed by atoms with van der Waals surface area (Å²) in [7, 11) is 0. The van der Waals surface area contributed by atoms with Crippen molar-refractivity contribution in [3.63, 3.8) is 0 Å². The molecule has 1 aliphatic rings. The highest BCUT2D eigenvalue weighted by Crippen LogP contribution is 2.38. The number of halogens is 1. The summed E-state index contributed by atoms with van der Waals surface area (Å²) < 4.78 is 0.926.